The van der Waals surface area contributed by atoms with Crippen molar-refractivity contribution in [2.24, 2.45) is 10.9 Å². The Hall–Kier alpha value is -2.11. The lowest BCUT2D eigenvalue weighted by Crippen LogP contribution is -2.39. The standard InChI is InChI=1S/C14H20N4O2/c1-3-15-14(17-13-8-10(13)2)16-9-11-4-6-12(7-5-11)18(19)20/h4-7,10,13H,3,8-9H2,1-2H3,(H2,15,16,17). The monoisotopic (exact) mass is 276 g/mol. The fourth-order valence-electron chi connectivity index (χ4n) is 1.91. The molecule has 0 bridgehead atoms. The van der Waals surface area contributed by atoms with Crippen LogP contribution in [0.15, 0.2) is 29.3 Å². The Morgan fingerprint density at radius 3 is 2.60 bits per heavy atom. The molecule has 0 radical (unpaired) electrons. The van der Waals surface area contributed by atoms with E-state index in [0.29, 0.717) is 18.5 Å². The van der Waals surface area contributed by atoms with Gasteiger partial charge in [0.2, 0.25) is 0 Å². The molecule has 6 nitrogen and oxygen atoms in total. The quantitative estimate of drug-likeness (QED) is 0.373. The van der Waals surface area contributed by atoms with Crippen LogP contribution in [0.4, 0.5) is 5.69 Å². The van der Waals surface area contributed by atoms with Crippen LogP contribution in [0.5, 0.6) is 0 Å². The molecular weight excluding hydrogens is 256 g/mol. The molecule has 0 aliphatic heterocycles. The third kappa shape index (κ3) is 3.94. The van der Waals surface area contributed by atoms with Gasteiger partial charge in [-0.3, -0.25) is 10.1 Å². The van der Waals surface area contributed by atoms with Crippen molar-refractivity contribution < 1.29 is 4.92 Å². The third-order valence-electron chi connectivity index (χ3n) is 3.34. The van der Waals surface area contributed by atoms with Gasteiger partial charge in [0, 0.05) is 24.7 Å². The second kappa shape index (κ2) is 6.36. The Morgan fingerprint density at radius 2 is 2.10 bits per heavy atom. The van der Waals surface area contributed by atoms with Crippen LogP contribution in [0, 0.1) is 16.0 Å². The fraction of sp³-hybridized carbons (Fsp3) is 0.500. The number of aliphatic imine (C=N–C) groups is 1. The highest BCUT2D eigenvalue weighted by molar-refractivity contribution is 5.80. The molecule has 6 heteroatoms. The Balaban J connectivity index is 1.95. The van der Waals surface area contributed by atoms with E-state index in [2.05, 4.69) is 22.5 Å². The number of non-ortho nitro benzene ring substituents is 1. The molecule has 0 heterocycles. The van der Waals surface area contributed by atoms with Crippen LogP contribution in [-0.2, 0) is 6.54 Å². The first-order chi connectivity index (χ1) is 9.60. The van der Waals surface area contributed by atoms with E-state index >= 15 is 0 Å². The van der Waals surface area contributed by atoms with Crippen molar-refractivity contribution in [2.75, 3.05) is 6.54 Å². The zero-order valence-corrected chi connectivity index (χ0v) is 11.8. The van der Waals surface area contributed by atoms with Crippen molar-refractivity contribution in [3.8, 4) is 0 Å². The average Bonchev–Trinajstić information content (AvgIpc) is 3.12. The topological polar surface area (TPSA) is 79.6 Å². The van der Waals surface area contributed by atoms with Gasteiger partial charge in [0.05, 0.1) is 11.5 Å². The van der Waals surface area contributed by atoms with Gasteiger partial charge in [0.15, 0.2) is 5.96 Å². The highest BCUT2D eigenvalue weighted by atomic mass is 16.6. The lowest BCUT2D eigenvalue weighted by molar-refractivity contribution is -0.384. The lowest BCUT2D eigenvalue weighted by atomic mass is 10.2. The normalized spacial score (nSPS) is 21.4. The Bertz CT molecular complexity index is 498. The first-order valence-electron chi connectivity index (χ1n) is 6.88. The maximum Gasteiger partial charge on any atom is 0.269 e. The van der Waals surface area contributed by atoms with Gasteiger partial charge >= 0.3 is 0 Å². The highest BCUT2D eigenvalue weighted by Gasteiger charge is 2.33. The van der Waals surface area contributed by atoms with Gasteiger partial charge in [-0.15, -0.1) is 0 Å². The van der Waals surface area contributed by atoms with Crippen LogP contribution in [0.2, 0.25) is 0 Å². The maximum absolute atomic E-state index is 10.6. The number of guanidine groups is 1. The Morgan fingerprint density at radius 1 is 1.45 bits per heavy atom. The molecule has 2 rings (SSSR count). The predicted octanol–water partition coefficient (Wildman–Crippen LogP) is 2.06. The zero-order chi connectivity index (χ0) is 14.5. The summed E-state index contributed by atoms with van der Waals surface area (Å²) in [5.41, 5.74) is 1.06. The molecular formula is C14H20N4O2. The number of rotatable bonds is 5. The van der Waals surface area contributed by atoms with Crippen LogP contribution in [-0.4, -0.2) is 23.5 Å². The van der Waals surface area contributed by atoms with Crippen molar-refractivity contribution >= 4 is 11.6 Å². The van der Waals surface area contributed by atoms with E-state index in [1.54, 1.807) is 12.1 Å². The maximum atomic E-state index is 10.6. The summed E-state index contributed by atoms with van der Waals surface area (Å²) in [7, 11) is 0. The van der Waals surface area contributed by atoms with Crippen molar-refractivity contribution in [3.05, 3.63) is 39.9 Å². The van der Waals surface area contributed by atoms with Crippen LogP contribution < -0.4 is 10.6 Å². The third-order valence-corrected chi connectivity index (χ3v) is 3.34. The highest BCUT2D eigenvalue weighted by Crippen LogP contribution is 2.28. The largest absolute Gasteiger partial charge is 0.357 e. The van der Waals surface area contributed by atoms with Crippen LogP contribution in [0.25, 0.3) is 0 Å². The minimum absolute atomic E-state index is 0.106. The molecule has 0 saturated heterocycles. The number of nitro groups is 1. The van der Waals surface area contributed by atoms with Gasteiger partial charge in [0.1, 0.15) is 0 Å². The predicted molar refractivity (Wildman–Crippen MR) is 78.6 cm³/mol. The summed E-state index contributed by atoms with van der Waals surface area (Å²) in [6.45, 7) is 5.55. The summed E-state index contributed by atoms with van der Waals surface area (Å²) in [6.07, 6.45) is 1.18. The smallest absolute Gasteiger partial charge is 0.269 e. The SMILES string of the molecule is CCNC(=NCc1ccc([N+](=O)[O-])cc1)NC1CC1C. The van der Waals surface area contributed by atoms with Crippen LogP contribution >= 0.6 is 0 Å². The summed E-state index contributed by atoms with van der Waals surface area (Å²) >= 11 is 0. The number of nitro benzene ring substituents is 1. The molecule has 1 aromatic carbocycles. The number of benzene rings is 1. The van der Waals surface area contributed by atoms with E-state index in [1.165, 1.54) is 18.6 Å². The molecule has 1 saturated carbocycles. The molecule has 108 valence electrons. The van der Waals surface area contributed by atoms with E-state index in [9.17, 15) is 10.1 Å². The zero-order valence-electron chi connectivity index (χ0n) is 11.8. The lowest BCUT2D eigenvalue weighted by Gasteiger charge is -2.10. The summed E-state index contributed by atoms with van der Waals surface area (Å²) in [5, 5.41) is 17.2. The van der Waals surface area contributed by atoms with E-state index in [1.807, 2.05) is 6.92 Å². The Kier molecular flexibility index (Phi) is 4.55. The van der Waals surface area contributed by atoms with Crippen LogP contribution in [0.3, 0.4) is 0 Å². The first kappa shape index (κ1) is 14.3. The second-order valence-corrected chi connectivity index (χ2v) is 5.08. The average molecular weight is 276 g/mol. The molecule has 2 unspecified atom stereocenters. The molecule has 2 atom stereocenters. The van der Waals surface area contributed by atoms with Gasteiger partial charge < -0.3 is 10.6 Å². The van der Waals surface area contributed by atoms with Crippen molar-refractivity contribution in [1.29, 1.82) is 0 Å². The summed E-state index contributed by atoms with van der Waals surface area (Å²) < 4.78 is 0. The minimum atomic E-state index is -0.396. The molecule has 0 spiro atoms. The van der Waals surface area contributed by atoms with Gasteiger partial charge in [0.25, 0.3) is 5.69 Å². The molecule has 1 aliphatic carbocycles. The molecule has 20 heavy (non-hydrogen) atoms. The minimum Gasteiger partial charge on any atom is -0.357 e. The number of nitrogens with zero attached hydrogens (tertiary/aromatic N) is 2. The van der Waals surface area contributed by atoms with Crippen molar-refractivity contribution in [3.63, 3.8) is 0 Å². The molecule has 1 aromatic rings. The van der Waals surface area contributed by atoms with Gasteiger partial charge in [-0.1, -0.05) is 19.1 Å². The fourth-order valence-corrected chi connectivity index (χ4v) is 1.91. The molecule has 0 aromatic heterocycles. The van der Waals surface area contributed by atoms with Gasteiger partial charge in [-0.2, -0.15) is 0 Å². The van der Waals surface area contributed by atoms with E-state index < -0.39 is 4.92 Å². The summed E-state index contributed by atoms with van der Waals surface area (Å²) in [5.74, 6) is 1.51. The van der Waals surface area contributed by atoms with E-state index in [4.69, 9.17) is 0 Å². The molecule has 1 fully saturated rings. The summed E-state index contributed by atoms with van der Waals surface area (Å²) in [6, 6.07) is 7.02. The number of hydrogen-bond acceptors (Lipinski definition) is 3. The van der Waals surface area contributed by atoms with Gasteiger partial charge in [-0.05, 0) is 24.8 Å². The molecule has 2 N–H and O–H groups in total. The first-order valence-corrected chi connectivity index (χ1v) is 6.88. The number of hydrogen-bond donors (Lipinski definition) is 2. The van der Waals surface area contributed by atoms with Crippen molar-refractivity contribution in [1.82, 2.24) is 10.6 Å². The Labute approximate surface area is 118 Å². The van der Waals surface area contributed by atoms with Gasteiger partial charge in [-0.25, -0.2) is 4.99 Å². The van der Waals surface area contributed by atoms with E-state index in [0.717, 1.165) is 18.1 Å². The van der Waals surface area contributed by atoms with Crippen molar-refractivity contribution in [2.45, 2.75) is 32.9 Å². The van der Waals surface area contributed by atoms with E-state index in [-0.39, 0.29) is 5.69 Å². The second-order valence-electron chi connectivity index (χ2n) is 5.08. The summed E-state index contributed by atoms with van der Waals surface area (Å²) in [4.78, 5) is 14.7. The molecule has 0 amide bonds. The van der Waals surface area contributed by atoms with Crippen LogP contribution in [0.1, 0.15) is 25.8 Å². The molecule has 1 aliphatic rings. The number of nitrogens with one attached hydrogen (secondary N) is 2.